The van der Waals surface area contributed by atoms with Gasteiger partial charge in [0, 0.05) is 11.6 Å². The Labute approximate surface area is 135 Å². The van der Waals surface area contributed by atoms with Gasteiger partial charge in [-0.05, 0) is 41.5 Å². The van der Waals surface area contributed by atoms with E-state index in [9.17, 15) is 8.78 Å². The Morgan fingerprint density at radius 1 is 1.05 bits per heavy atom. The van der Waals surface area contributed by atoms with Gasteiger partial charge < -0.3 is 5.32 Å². The summed E-state index contributed by atoms with van der Waals surface area (Å²) in [6.45, 7) is 2.21. The Bertz CT molecular complexity index is 423. The first-order valence-electron chi connectivity index (χ1n) is 7.92. The monoisotopic (exact) mass is 361 g/mol. The van der Waals surface area contributed by atoms with Gasteiger partial charge in [0.15, 0.2) is 0 Å². The highest BCUT2D eigenvalue weighted by molar-refractivity contribution is 9.10. The Kier molecular flexibility index (Phi) is 9.09. The summed E-state index contributed by atoms with van der Waals surface area (Å²) in [5, 5.41) is 3.04. The van der Waals surface area contributed by atoms with Gasteiger partial charge in [0.05, 0.1) is 4.47 Å². The third-order valence-electron chi connectivity index (χ3n) is 3.87. The van der Waals surface area contributed by atoms with E-state index in [0.29, 0.717) is 4.47 Å². The molecule has 0 bridgehead atoms. The van der Waals surface area contributed by atoms with Crippen molar-refractivity contribution in [3.8, 4) is 0 Å². The van der Waals surface area contributed by atoms with Crippen molar-refractivity contribution in [2.24, 2.45) is 0 Å². The van der Waals surface area contributed by atoms with Gasteiger partial charge >= 0.3 is 0 Å². The number of unbranched alkanes of at least 4 members (excludes halogenated alkanes) is 6. The van der Waals surface area contributed by atoms with Crippen LogP contribution in [-0.4, -0.2) is 7.05 Å². The van der Waals surface area contributed by atoms with Gasteiger partial charge in [0.2, 0.25) is 0 Å². The highest BCUT2D eigenvalue weighted by atomic mass is 79.9. The van der Waals surface area contributed by atoms with Crippen LogP contribution in [0.5, 0.6) is 0 Å². The highest BCUT2D eigenvalue weighted by Crippen LogP contribution is 2.29. The first-order chi connectivity index (χ1) is 10.1. The normalized spacial score (nSPS) is 12.6. The second-order valence-corrected chi connectivity index (χ2v) is 6.36. The minimum absolute atomic E-state index is 0.151. The molecular formula is C17H26BrF2N. The van der Waals surface area contributed by atoms with Crippen molar-refractivity contribution in [2.75, 3.05) is 7.05 Å². The number of hydrogen-bond acceptors (Lipinski definition) is 1. The van der Waals surface area contributed by atoms with E-state index in [0.717, 1.165) is 19.3 Å². The van der Waals surface area contributed by atoms with E-state index >= 15 is 0 Å². The maximum absolute atomic E-state index is 14.1. The van der Waals surface area contributed by atoms with Crippen LogP contribution >= 0.6 is 15.9 Å². The zero-order chi connectivity index (χ0) is 15.7. The lowest BCUT2D eigenvalue weighted by molar-refractivity contribution is 0.448. The maximum Gasteiger partial charge on any atom is 0.145 e. The van der Waals surface area contributed by atoms with Crippen molar-refractivity contribution < 1.29 is 8.78 Å². The quantitative estimate of drug-likeness (QED) is 0.390. The molecule has 21 heavy (non-hydrogen) atoms. The fraction of sp³-hybridized carbons (Fsp3) is 0.647. The van der Waals surface area contributed by atoms with Gasteiger partial charge in [-0.2, -0.15) is 0 Å². The van der Waals surface area contributed by atoms with Gasteiger partial charge in [-0.1, -0.05) is 51.9 Å². The van der Waals surface area contributed by atoms with Gasteiger partial charge in [0.1, 0.15) is 11.6 Å². The predicted molar refractivity (Wildman–Crippen MR) is 88.5 cm³/mol. The summed E-state index contributed by atoms with van der Waals surface area (Å²) in [5.41, 5.74) is 0.151. The molecule has 120 valence electrons. The van der Waals surface area contributed by atoms with Crippen LogP contribution in [0.15, 0.2) is 16.6 Å². The van der Waals surface area contributed by atoms with E-state index in [1.165, 1.54) is 44.2 Å². The van der Waals surface area contributed by atoms with E-state index in [4.69, 9.17) is 0 Å². The van der Waals surface area contributed by atoms with E-state index in [1.54, 1.807) is 7.05 Å². The van der Waals surface area contributed by atoms with E-state index in [2.05, 4.69) is 28.2 Å². The average molecular weight is 362 g/mol. The van der Waals surface area contributed by atoms with Crippen LogP contribution in [0.3, 0.4) is 0 Å². The lowest BCUT2D eigenvalue weighted by Gasteiger charge is -2.18. The van der Waals surface area contributed by atoms with Gasteiger partial charge in [-0.15, -0.1) is 0 Å². The minimum Gasteiger partial charge on any atom is -0.313 e. The van der Waals surface area contributed by atoms with Crippen LogP contribution in [-0.2, 0) is 0 Å². The summed E-state index contributed by atoms with van der Waals surface area (Å²) in [4.78, 5) is 0. The number of rotatable bonds is 10. The lowest BCUT2D eigenvalue weighted by atomic mass is 9.98. The van der Waals surface area contributed by atoms with Crippen molar-refractivity contribution in [3.63, 3.8) is 0 Å². The van der Waals surface area contributed by atoms with Crippen molar-refractivity contribution in [2.45, 2.75) is 64.3 Å². The summed E-state index contributed by atoms with van der Waals surface area (Å²) < 4.78 is 28.3. The third kappa shape index (κ3) is 6.03. The van der Waals surface area contributed by atoms with Crippen molar-refractivity contribution in [1.82, 2.24) is 5.32 Å². The molecular weight excluding hydrogens is 336 g/mol. The Morgan fingerprint density at radius 3 is 2.29 bits per heavy atom. The molecule has 0 radical (unpaired) electrons. The Balaban J connectivity index is 2.47. The molecule has 1 rings (SSSR count). The smallest absolute Gasteiger partial charge is 0.145 e. The predicted octanol–water partition coefficient (Wildman–Crippen LogP) is 6.13. The van der Waals surface area contributed by atoms with Crippen LogP contribution in [0.25, 0.3) is 0 Å². The molecule has 1 atom stereocenters. The molecule has 1 N–H and O–H groups in total. The first-order valence-corrected chi connectivity index (χ1v) is 8.71. The van der Waals surface area contributed by atoms with E-state index in [-0.39, 0.29) is 11.6 Å². The first kappa shape index (κ1) is 18.6. The number of nitrogens with one attached hydrogen (secondary N) is 1. The third-order valence-corrected chi connectivity index (χ3v) is 4.49. The summed E-state index contributed by atoms with van der Waals surface area (Å²) in [7, 11) is 1.76. The molecule has 0 spiro atoms. The van der Waals surface area contributed by atoms with Crippen LogP contribution in [0, 0.1) is 11.6 Å². The summed E-state index contributed by atoms with van der Waals surface area (Å²) >= 11 is 3.13. The zero-order valence-electron chi connectivity index (χ0n) is 13.0. The molecule has 1 nitrogen and oxygen atoms in total. The standard InChI is InChI=1S/C17H26BrF2N/c1-3-4-5-6-7-8-9-10-15(21-2)16-14(19)12-11-13(18)17(16)20/h11-12,15,21H,3-10H2,1-2H3. The highest BCUT2D eigenvalue weighted by Gasteiger charge is 2.20. The topological polar surface area (TPSA) is 12.0 Å². The number of hydrogen-bond donors (Lipinski definition) is 1. The Morgan fingerprint density at radius 2 is 1.67 bits per heavy atom. The SMILES string of the molecule is CCCCCCCCCC(NC)c1c(F)ccc(Br)c1F. The molecule has 0 aliphatic carbocycles. The molecule has 0 fully saturated rings. The zero-order valence-corrected chi connectivity index (χ0v) is 14.6. The molecule has 0 saturated heterocycles. The molecule has 4 heteroatoms. The molecule has 0 aliphatic rings. The fourth-order valence-corrected chi connectivity index (χ4v) is 2.95. The number of halogens is 3. The molecule has 1 aromatic carbocycles. The van der Waals surface area contributed by atoms with Crippen molar-refractivity contribution >= 4 is 15.9 Å². The molecule has 0 saturated carbocycles. The van der Waals surface area contributed by atoms with Crippen LogP contribution in [0.2, 0.25) is 0 Å². The fourth-order valence-electron chi connectivity index (χ4n) is 2.60. The van der Waals surface area contributed by atoms with Gasteiger partial charge in [0.25, 0.3) is 0 Å². The lowest BCUT2D eigenvalue weighted by Crippen LogP contribution is -2.19. The molecule has 0 aromatic heterocycles. The van der Waals surface area contributed by atoms with Crippen molar-refractivity contribution in [1.29, 1.82) is 0 Å². The van der Waals surface area contributed by atoms with E-state index in [1.807, 2.05) is 0 Å². The maximum atomic E-state index is 14.1. The molecule has 0 heterocycles. The van der Waals surface area contributed by atoms with Gasteiger partial charge in [-0.25, -0.2) is 8.78 Å². The van der Waals surface area contributed by atoms with Crippen LogP contribution in [0.4, 0.5) is 8.78 Å². The molecule has 1 aromatic rings. The van der Waals surface area contributed by atoms with Crippen LogP contribution < -0.4 is 5.32 Å². The summed E-state index contributed by atoms with van der Waals surface area (Å²) in [5.74, 6) is -0.963. The molecule has 1 unspecified atom stereocenters. The summed E-state index contributed by atoms with van der Waals surface area (Å²) in [6, 6.07) is 2.46. The minimum atomic E-state index is -0.489. The summed E-state index contributed by atoms with van der Waals surface area (Å²) in [6.07, 6.45) is 9.19. The largest absolute Gasteiger partial charge is 0.313 e. The Hall–Kier alpha value is -0.480. The van der Waals surface area contributed by atoms with Crippen LogP contribution in [0.1, 0.15) is 69.9 Å². The second-order valence-electron chi connectivity index (χ2n) is 5.51. The molecule has 0 aliphatic heterocycles. The number of benzene rings is 1. The van der Waals surface area contributed by atoms with Gasteiger partial charge in [-0.3, -0.25) is 0 Å². The second kappa shape index (κ2) is 10.3. The van der Waals surface area contributed by atoms with E-state index < -0.39 is 11.6 Å². The molecule has 0 amide bonds. The average Bonchev–Trinajstić information content (AvgIpc) is 2.48. The van der Waals surface area contributed by atoms with Crippen molar-refractivity contribution in [3.05, 3.63) is 33.8 Å².